The molecule has 1 aromatic carbocycles. The predicted octanol–water partition coefficient (Wildman–Crippen LogP) is 1.67. The van der Waals surface area contributed by atoms with Crippen molar-refractivity contribution in [1.82, 2.24) is 4.98 Å². The Hall–Kier alpha value is -2.36. The highest BCUT2D eigenvalue weighted by Crippen LogP contribution is 2.26. The molecule has 1 aliphatic heterocycles. The number of hydrogen-bond donors (Lipinski definition) is 2. The van der Waals surface area contributed by atoms with Crippen LogP contribution in [0.5, 0.6) is 0 Å². The number of nitrogens with zero attached hydrogens (tertiary/aromatic N) is 1. The maximum atomic E-state index is 6.03. The fourth-order valence-electron chi connectivity index (χ4n) is 2.47. The summed E-state index contributed by atoms with van der Waals surface area (Å²) in [6.07, 6.45) is 0. The molecule has 0 bridgehead atoms. The van der Waals surface area contributed by atoms with Crippen LogP contribution in [0, 0.1) is 6.92 Å². The molecule has 108 valence electrons. The number of nitrogens with one attached hydrogen (secondary N) is 2. The minimum absolute atomic E-state index is 0.798. The fraction of sp³-hybridized carbons (Fsp3) is 0.294. The molecule has 0 saturated heterocycles. The van der Waals surface area contributed by atoms with E-state index in [4.69, 9.17) is 9.40 Å². The molecule has 1 aliphatic carbocycles. The Kier molecular flexibility index (Phi) is 3.60. The SMILES string of the molecule is CCNc1ccc2nc3cc(C)c(=[NH+]CC)cc-3oc2c1. The number of aryl methyl sites for hydroxylation is 1. The van der Waals surface area contributed by atoms with Crippen LogP contribution in [-0.4, -0.2) is 18.1 Å². The van der Waals surface area contributed by atoms with Crippen molar-refractivity contribution < 1.29 is 9.41 Å². The summed E-state index contributed by atoms with van der Waals surface area (Å²) >= 11 is 0. The van der Waals surface area contributed by atoms with Gasteiger partial charge in [-0.1, -0.05) is 0 Å². The van der Waals surface area contributed by atoms with Crippen LogP contribution in [0.25, 0.3) is 22.6 Å². The van der Waals surface area contributed by atoms with Crippen LogP contribution in [-0.2, 0) is 0 Å². The van der Waals surface area contributed by atoms with Gasteiger partial charge in [-0.15, -0.1) is 0 Å². The highest BCUT2D eigenvalue weighted by Gasteiger charge is 2.12. The number of anilines is 1. The largest absolute Gasteiger partial charge is 0.452 e. The van der Waals surface area contributed by atoms with Gasteiger partial charge in [-0.25, -0.2) is 9.98 Å². The van der Waals surface area contributed by atoms with Crippen molar-refractivity contribution in [1.29, 1.82) is 0 Å². The van der Waals surface area contributed by atoms with E-state index in [1.807, 2.05) is 24.3 Å². The minimum Gasteiger partial charge on any atom is -0.452 e. The van der Waals surface area contributed by atoms with Crippen LogP contribution in [0.2, 0.25) is 0 Å². The summed E-state index contributed by atoms with van der Waals surface area (Å²) in [6, 6.07) is 10.1. The third-order valence-corrected chi connectivity index (χ3v) is 3.47. The first-order valence-corrected chi connectivity index (χ1v) is 7.37. The van der Waals surface area contributed by atoms with Gasteiger partial charge < -0.3 is 9.73 Å². The Morgan fingerprint density at radius 1 is 1.19 bits per heavy atom. The smallest absolute Gasteiger partial charge is 0.205 e. The molecule has 0 radical (unpaired) electrons. The standard InChI is InChI=1S/C17H19N3O/c1-4-18-12-6-7-13-16(9-12)21-17-10-14(19-5-2)11(3)8-15(17)20-13/h6-10,18H,4-5H2,1-3H3/p+1. The zero-order valence-corrected chi connectivity index (χ0v) is 12.7. The van der Waals surface area contributed by atoms with E-state index in [1.54, 1.807) is 0 Å². The lowest BCUT2D eigenvalue weighted by Crippen LogP contribution is -2.76. The van der Waals surface area contributed by atoms with Gasteiger partial charge in [-0.3, -0.25) is 0 Å². The molecule has 4 nitrogen and oxygen atoms in total. The van der Waals surface area contributed by atoms with Crippen LogP contribution in [0.1, 0.15) is 19.4 Å². The molecule has 21 heavy (non-hydrogen) atoms. The van der Waals surface area contributed by atoms with Gasteiger partial charge in [0.15, 0.2) is 11.3 Å². The highest BCUT2D eigenvalue weighted by atomic mass is 16.3. The molecular weight excluding hydrogens is 262 g/mol. The van der Waals surface area contributed by atoms with E-state index in [2.05, 4.69) is 37.1 Å². The molecule has 0 saturated carbocycles. The number of fused-ring (bicyclic) bond motifs is 2. The summed E-state index contributed by atoms with van der Waals surface area (Å²) in [5, 5.41) is 4.38. The summed E-state index contributed by atoms with van der Waals surface area (Å²) in [6.45, 7) is 8.01. The number of hydrogen-bond acceptors (Lipinski definition) is 3. The quantitative estimate of drug-likeness (QED) is 0.719. The highest BCUT2D eigenvalue weighted by molar-refractivity contribution is 5.79. The van der Waals surface area contributed by atoms with Gasteiger partial charge in [-0.05, 0) is 39.0 Å². The monoisotopic (exact) mass is 282 g/mol. The van der Waals surface area contributed by atoms with Gasteiger partial charge in [0.05, 0.1) is 6.07 Å². The fourth-order valence-corrected chi connectivity index (χ4v) is 2.47. The molecule has 3 rings (SSSR count). The summed E-state index contributed by atoms with van der Waals surface area (Å²) in [4.78, 5) is 8.04. The van der Waals surface area contributed by atoms with Crippen molar-refractivity contribution in [2.45, 2.75) is 20.8 Å². The summed E-state index contributed by atoms with van der Waals surface area (Å²) in [5.74, 6) is 0.803. The van der Waals surface area contributed by atoms with Crippen molar-refractivity contribution in [3.05, 3.63) is 41.3 Å². The average Bonchev–Trinajstić information content (AvgIpc) is 2.47. The maximum Gasteiger partial charge on any atom is 0.205 e. The zero-order chi connectivity index (χ0) is 14.8. The van der Waals surface area contributed by atoms with Crippen molar-refractivity contribution >= 4 is 16.8 Å². The average molecular weight is 282 g/mol. The molecule has 1 heterocycles. The Morgan fingerprint density at radius 3 is 2.81 bits per heavy atom. The van der Waals surface area contributed by atoms with E-state index in [0.717, 1.165) is 46.7 Å². The molecular formula is C17H20N3O+. The first-order valence-electron chi connectivity index (χ1n) is 7.37. The van der Waals surface area contributed by atoms with Gasteiger partial charge in [0, 0.05) is 23.9 Å². The second-order valence-electron chi connectivity index (χ2n) is 5.09. The third kappa shape index (κ3) is 2.61. The predicted molar refractivity (Wildman–Crippen MR) is 84.2 cm³/mol. The molecule has 2 aliphatic rings. The molecule has 0 atom stereocenters. The lowest BCUT2D eigenvalue weighted by molar-refractivity contribution is -0.496. The minimum atomic E-state index is 0.798. The lowest BCUT2D eigenvalue weighted by Gasteiger charge is -2.08. The van der Waals surface area contributed by atoms with Crippen LogP contribution in [0.3, 0.4) is 0 Å². The summed E-state index contributed by atoms with van der Waals surface area (Å²) in [5.41, 5.74) is 4.79. The van der Waals surface area contributed by atoms with Crippen LogP contribution >= 0.6 is 0 Å². The van der Waals surface area contributed by atoms with E-state index in [9.17, 15) is 0 Å². The zero-order valence-electron chi connectivity index (χ0n) is 12.7. The first kappa shape index (κ1) is 13.6. The Labute approximate surface area is 123 Å². The van der Waals surface area contributed by atoms with Crippen molar-refractivity contribution in [2.24, 2.45) is 0 Å². The van der Waals surface area contributed by atoms with Gasteiger partial charge >= 0.3 is 0 Å². The van der Waals surface area contributed by atoms with Crippen molar-refractivity contribution in [2.75, 3.05) is 18.4 Å². The van der Waals surface area contributed by atoms with E-state index >= 15 is 0 Å². The topological polar surface area (TPSA) is 52.0 Å². The molecule has 0 spiro atoms. The van der Waals surface area contributed by atoms with Crippen LogP contribution < -0.4 is 15.7 Å². The number of aromatic nitrogens is 1. The summed E-state index contributed by atoms with van der Waals surface area (Å²) < 4.78 is 6.03. The van der Waals surface area contributed by atoms with Crippen molar-refractivity contribution in [3.8, 4) is 11.5 Å². The second kappa shape index (κ2) is 5.56. The molecule has 1 aromatic rings. The third-order valence-electron chi connectivity index (χ3n) is 3.47. The Morgan fingerprint density at radius 2 is 2.05 bits per heavy atom. The molecule has 0 fully saturated rings. The normalized spacial score (nSPS) is 12.2. The van der Waals surface area contributed by atoms with Gasteiger partial charge in [0.25, 0.3) is 0 Å². The van der Waals surface area contributed by atoms with Gasteiger partial charge in [-0.2, -0.15) is 0 Å². The molecule has 0 aromatic heterocycles. The van der Waals surface area contributed by atoms with Gasteiger partial charge in [0.1, 0.15) is 17.8 Å². The van der Waals surface area contributed by atoms with Crippen LogP contribution in [0.4, 0.5) is 5.69 Å². The van der Waals surface area contributed by atoms with E-state index < -0.39 is 0 Å². The Bertz CT molecular complexity index is 820. The molecule has 0 unspecified atom stereocenters. The number of rotatable bonds is 3. The molecule has 2 N–H and O–H groups in total. The van der Waals surface area contributed by atoms with E-state index in [1.165, 1.54) is 5.56 Å². The van der Waals surface area contributed by atoms with Crippen molar-refractivity contribution in [3.63, 3.8) is 0 Å². The van der Waals surface area contributed by atoms with E-state index in [0.29, 0.717) is 0 Å². The first-order chi connectivity index (χ1) is 10.2. The number of benzene rings is 2. The lowest BCUT2D eigenvalue weighted by atomic mass is 10.1. The van der Waals surface area contributed by atoms with Crippen LogP contribution in [0.15, 0.2) is 34.7 Å². The summed E-state index contributed by atoms with van der Waals surface area (Å²) in [7, 11) is 0. The molecule has 4 heteroatoms. The van der Waals surface area contributed by atoms with E-state index in [-0.39, 0.29) is 0 Å². The van der Waals surface area contributed by atoms with Gasteiger partial charge in [0.2, 0.25) is 5.36 Å². The maximum absolute atomic E-state index is 6.03. The second-order valence-corrected chi connectivity index (χ2v) is 5.09. The molecule has 0 amide bonds. The Balaban J connectivity index is 2.24.